The SMILES string of the molecule is COc1ccccc1CCNC(=O)c1cc(C)nc(N2CCN(C)CC2)n1. The molecule has 0 atom stereocenters. The molecule has 1 saturated heterocycles. The van der Waals surface area contributed by atoms with Crippen LogP contribution in [0.5, 0.6) is 5.75 Å². The van der Waals surface area contributed by atoms with E-state index in [2.05, 4.69) is 32.1 Å². The van der Waals surface area contributed by atoms with Crippen LogP contribution >= 0.6 is 0 Å². The summed E-state index contributed by atoms with van der Waals surface area (Å²) in [5.74, 6) is 1.30. The quantitative estimate of drug-likeness (QED) is 0.833. The molecule has 0 saturated carbocycles. The van der Waals surface area contributed by atoms with Gasteiger partial charge in [0.1, 0.15) is 11.4 Å². The third kappa shape index (κ3) is 4.95. The highest BCUT2D eigenvalue weighted by Gasteiger charge is 2.19. The van der Waals surface area contributed by atoms with Gasteiger partial charge in [0.25, 0.3) is 5.91 Å². The average molecular weight is 369 g/mol. The number of likely N-dealkylation sites (N-methyl/N-ethyl adjacent to an activating group) is 1. The molecule has 1 amide bonds. The fourth-order valence-corrected chi connectivity index (χ4v) is 3.13. The van der Waals surface area contributed by atoms with Crippen LogP contribution < -0.4 is 15.0 Å². The molecule has 0 unspecified atom stereocenters. The molecule has 2 aromatic rings. The molecule has 3 rings (SSSR count). The molecule has 1 aliphatic heterocycles. The molecule has 144 valence electrons. The molecule has 1 aromatic carbocycles. The highest BCUT2D eigenvalue weighted by Crippen LogP contribution is 2.17. The van der Waals surface area contributed by atoms with Crippen LogP contribution in [0.15, 0.2) is 30.3 Å². The Morgan fingerprint density at radius 1 is 1.19 bits per heavy atom. The lowest BCUT2D eigenvalue weighted by atomic mass is 10.1. The van der Waals surface area contributed by atoms with Crippen molar-refractivity contribution in [2.75, 3.05) is 51.8 Å². The van der Waals surface area contributed by atoms with Crippen molar-refractivity contribution in [3.05, 3.63) is 47.3 Å². The van der Waals surface area contributed by atoms with Crippen LogP contribution in [0.25, 0.3) is 0 Å². The summed E-state index contributed by atoms with van der Waals surface area (Å²) in [5, 5.41) is 2.95. The normalized spacial score (nSPS) is 14.9. The zero-order valence-corrected chi connectivity index (χ0v) is 16.2. The van der Waals surface area contributed by atoms with E-state index in [9.17, 15) is 4.79 Å². The Kier molecular flexibility index (Phi) is 6.24. The molecule has 0 aliphatic carbocycles. The lowest BCUT2D eigenvalue weighted by molar-refractivity contribution is 0.0949. The third-order valence-corrected chi connectivity index (χ3v) is 4.73. The molecule has 7 nitrogen and oxygen atoms in total. The third-order valence-electron chi connectivity index (χ3n) is 4.73. The molecular weight excluding hydrogens is 342 g/mol. The summed E-state index contributed by atoms with van der Waals surface area (Å²) in [6.07, 6.45) is 0.700. The number of amides is 1. The van der Waals surface area contributed by atoms with Gasteiger partial charge in [-0.2, -0.15) is 0 Å². The molecule has 7 heteroatoms. The number of nitrogens with one attached hydrogen (secondary N) is 1. The van der Waals surface area contributed by atoms with Crippen LogP contribution in [0.1, 0.15) is 21.7 Å². The van der Waals surface area contributed by atoms with E-state index in [1.54, 1.807) is 13.2 Å². The van der Waals surface area contributed by atoms with Crippen LogP contribution in [0.2, 0.25) is 0 Å². The predicted molar refractivity (Wildman–Crippen MR) is 106 cm³/mol. The standard InChI is InChI=1S/C20H27N5O2/c1-15-14-17(23-20(22-15)25-12-10-24(2)11-13-25)19(26)21-9-8-16-6-4-5-7-18(16)27-3/h4-7,14H,8-13H2,1-3H3,(H,21,26). The number of benzene rings is 1. The number of para-hydroxylation sites is 1. The molecule has 0 bridgehead atoms. The Labute approximate surface area is 160 Å². The Balaban J connectivity index is 1.62. The number of methoxy groups -OCH3 is 1. The summed E-state index contributed by atoms with van der Waals surface area (Å²) >= 11 is 0. The predicted octanol–water partition coefficient (Wildman–Crippen LogP) is 1.52. The number of carbonyl (C=O) groups is 1. The van der Waals surface area contributed by atoms with Crippen molar-refractivity contribution in [1.29, 1.82) is 0 Å². The number of hydrogen-bond acceptors (Lipinski definition) is 6. The first-order valence-electron chi connectivity index (χ1n) is 9.26. The molecule has 1 N–H and O–H groups in total. The number of nitrogens with zero attached hydrogens (tertiary/aromatic N) is 4. The minimum absolute atomic E-state index is 0.175. The molecule has 1 aliphatic rings. The summed E-state index contributed by atoms with van der Waals surface area (Å²) in [7, 11) is 3.76. The number of rotatable bonds is 6. The number of aryl methyl sites for hydroxylation is 1. The van der Waals surface area contributed by atoms with Crippen LogP contribution in [0, 0.1) is 6.92 Å². The van der Waals surface area contributed by atoms with Crippen LogP contribution in [0.3, 0.4) is 0 Å². The smallest absolute Gasteiger partial charge is 0.270 e. The first-order valence-corrected chi connectivity index (χ1v) is 9.26. The van der Waals surface area contributed by atoms with Crippen molar-refractivity contribution in [2.24, 2.45) is 0 Å². The second kappa shape index (κ2) is 8.81. The molecule has 1 fully saturated rings. The van der Waals surface area contributed by atoms with E-state index < -0.39 is 0 Å². The highest BCUT2D eigenvalue weighted by atomic mass is 16.5. The Morgan fingerprint density at radius 3 is 2.67 bits per heavy atom. The summed E-state index contributed by atoms with van der Waals surface area (Å²) in [4.78, 5) is 26.0. The number of anilines is 1. The minimum Gasteiger partial charge on any atom is -0.496 e. The van der Waals surface area contributed by atoms with Gasteiger partial charge in [0.05, 0.1) is 7.11 Å². The molecule has 0 radical (unpaired) electrons. The van der Waals surface area contributed by atoms with Gasteiger partial charge in [-0.15, -0.1) is 0 Å². The van der Waals surface area contributed by atoms with Crippen molar-refractivity contribution < 1.29 is 9.53 Å². The first kappa shape index (κ1) is 19.1. The highest BCUT2D eigenvalue weighted by molar-refractivity contribution is 5.92. The van der Waals surface area contributed by atoms with Crippen LogP contribution in [-0.4, -0.2) is 67.7 Å². The van der Waals surface area contributed by atoms with Crippen molar-refractivity contribution >= 4 is 11.9 Å². The maximum atomic E-state index is 12.6. The van der Waals surface area contributed by atoms with Crippen LogP contribution in [0.4, 0.5) is 5.95 Å². The average Bonchev–Trinajstić information content (AvgIpc) is 2.68. The van der Waals surface area contributed by atoms with Gasteiger partial charge in [0.2, 0.25) is 5.95 Å². The second-order valence-electron chi connectivity index (χ2n) is 6.80. The van der Waals surface area contributed by atoms with Crippen LogP contribution in [-0.2, 0) is 6.42 Å². The van der Waals surface area contributed by atoms with Gasteiger partial charge in [-0.3, -0.25) is 4.79 Å². The fourth-order valence-electron chi connectivity index (χ4n) is 3.13. The van der Waals surface area contributed by atoms with Crippen molar-refractivity contribution in [1.82, 2.24) is 20.2 Å². The molecule has 2 heterocycles. The van der Waals surface area contributed by atoms with E-state index in [-0.39, 0.29) is 5.91 Å². The molecule has 27 heavy (non-hydrogen) atoms. The van der Waals surface area contributed by atoms with Gasteiger partial charge >= 0.3 is 0 Å². The maximum Gasteiger partial charge on any atom is 0.270 e. The van der Waals surface area contributed by atoms with Gasteiger partial charge in [-0.25, -0.2) is 9.97 Å². The number of ether oxygens (including phenoxy) is 1. The number of piperazine rings is 1. The monoisotopic (exact) mass is 369 g/mol. The van der Waals surface area contributed by atoms with Gasteiger partial charge in [-0.1, -0.05) is 18.2 Å². The van der Waals surface area contributed by atoms with E-state index >= 15 is 0 Å². The van der Waals surface area contributed by atoms with E-state index in [4.69, 9.17) is 4.74 Å². The van der Waals surface area contributed by atoms with Crippen molar-refractivity contribution in [3.8, 4) is 5.75 Å². The Bertz CT molecular complexity index is 788. The molecule has 1 aromatic heterocycles. The lowest BCUT2D eigenvalue weighted by Gasteiger charge is -2.32. The number of hydrogen-bond donors (Lipinski definition) is 1. The van der Waals surface area contributed by atoms with E-state index in [1.165, 1.54) is 0 Å². The minimum atomic E-state index is -0.175. The van der Waals surface area contributed by atoms with Gasteiger partial charge < -0.3 is 19.9 Å². The summed E-state index contributed by atoms with van der Waals surface area (Å²) < 4.78 is 5.35. The summed E-state index contributed by atoms with van der Waals surface area (Å²) in [5.41, 5.74) is 2.28. The second-order valence-corrected chi connectivity index (χ2v) is 6.80. The number of aromatic nitrogens is 2. The molecule has 0 spiro atoms. The Hall–Kier alpha value is -2.67. The van der Waals surface area contributed by atoms with E-state index in [1.807, 2.05) is 31.2 Å². The lowest BCUT2D eigenvalue weighted by Crippen LogP contribution is -2.45. The fraction of sp³-hybridized carbons (Fsp3) is 0.450. The topological polar surface area (TPSA) is 70.6 Å². The van der Waals surface area contributed by atoms with Crippen molar-refractivity contribution in [3.63, 3.8) is 0 Å². The van der Waals surface area contributed by atoms with Gasteiger partial charge in [0, 0.05) is 38.4 Å². The zero-order valence-electron chi connectivity index (χ0n) is 16.2. The maximum absolute atomic E-state index is 12.6. The first-order chi connectivity index (χ1) is 13.1. The van der Waals surface area contributed by atoms with Gasteiger partial charge in [-0.05, 0) is 38.1 Å². The molecular formula is C20H27N5O2. The summed E-state index contributed by atoms with van der Waals surface area (Å²) in [6.45, 7) is 6.10. The van der Waals surface area contributed by atoms with E-state index in [0.29, 0.717) is 24.6 Å². The van der Waals surface area contributed by atoms with Crippen molar-refractivity contribution in [2.45, 2.75) is 13.3 Å². The Morgan fingerprint density at radius 2 is 1.93 bits per heavy atom. The number of carbonyl (C=O) groups excluding carboxylic acids is 1. The van der Waals surface area contributed by atoms with E-state index in [0.717, 1.165) is 43.2 Å². The largest absolute Gasteiger partial charge is 0.496 e. The van der Waals surface area contributed by atoms with Gasteiger partial charge in [0.15, 0.2) is 0 Å². The summed E-state index contributed by atoms with van der Waals surface area (Å²) in [6, 6.07) is 9.57. The zero-order chi connectivity index (χ0) is 19.2.